The number of aromatic nitrogens is 1. The van der Waals surface area contributed by atoms with Crippen LogP contribution in [0.2, 0.25) is 0 Å². The molecule has 0 bridgehead atoms. The van der Waals surface area contributed by atoms with Crippen LogP contribution in [-0.2, 0) is 30.4 Å². The second-order valence-corrected chi connectivity index (χ2v) is 8.02. The largest absolute Gasteiger partial charge is 0.481 e. The first kappa shape index (κ1) is 23.9. The van der Waals surface area contributed by atoms with Gasteiger partial charge in [-0.05, 0) is 46.2 Å². The van der Waals surface area contributed by atoms with Gasteiger partial charge < -0.3 is 24.5 Å². The van der Waals surface area contributed by atoms with E-state index in [1.165, 1.54) is 6.92 Å². The van der Waals surface area contributed by atoms with Crippen LogP contribution in [0.15, 0.2) is 18.2 Å². The predicted molar refractivity (Wildman–Crippen MR) is 113 cm³/mol. The number of fused-ring (bicyclic) bond motifs is 1. The standard InChI is InChI=1S/C22H28N2O7/c1-13-18(20(27)21(23)28)19-15(24(13)10-7-11-29-14(2)25)8-6-9-16(19)30-12-17(26)31-22(3,4)5/h6,8-9H,7,10-12H2,1-5H3,(H2,23,28). The van der Waals surface area contributed by atoms with Gasteiger partial charge in [0.1, 0.15) is 11.4 Å². The summed E-state index contributed by atoms with van der Waals surface area (Å²) in [6, 6.07) is 5.09. The summed E-state index contributed by atoms with van der Waals surface area (Å²) in [5.74, 6) is -2.63. The third-order valence-corrected chi connectivity index (χ3v) is 4.36. The monoisotopic (exact) mass is 432 g/mol. The summed E-state index contributed by atoms with van der Waals surface area (Å²) in [6.45, 7) is 8.53. The molecule has 1 aromatic carbocycles. The lowest BCUT2D eigenvalue weighted by Crippen LogP contribution is -2.27. The maximum atomic E-state index is 12.6. The summed E-state index contributed by atoms with van der Waals surface area (Å²) in [4.78, 5) is 47.3. The predicted octanol–water partition coefficient (Wildman–Crippen LogP) is 2.29. The smallest absolute Gasteiger partial charge is 0.344 e. The molecular weight excluding hydrogens is 404 g/mol. The summed E-state index contributed by atoms with van der Waals surface area (Å²) >= 11 is 0. The normalized spacial score (nSPS) is 11.3. The Bertz CT molecular complexity index is 1020. The highest BCUT2D eigenvalue weighted by atomic mass is 16.6. The Labute approximate surface area is 180 Å². The van der Waals surface area contributed by atoms with Gasteiger partial charge in [-0.15, -0.1) is 0 Å². The fraction of sp³-hybridized carbons (Fsp3) is 0.455. The number of carbonyl (C=O) groups excluding carboxylic acids is 4. The van der Waals surface area contributed by atoms with Crippen LogP contribution >= 0.6 is 0 Å². The second kappa shape index (κ2) is 9.63. The Morgan fingerprint density at radius 1 is 1.13 bits per heavy atom. The van der Waals surface area contributed by atoms with E-state index in [9.17, 15) is 19.2 Å². The van der Waals surface area contributed by atoms with E-state index < -0.39 is 23.3 Å². The van der Waals surface area contributed by atoms with Crippen LogP contribution in [-0.4, -0.2) is 47.0 Å². The molecule has 1 aromatic heterocycles. The number of amides is 1. The topological polar surface area (TPSA) is 127 Å². The molecule has 0 saturated heterocycles. The van der Waals surface area contributed by atoms with Crippen molar-refractivity contribution in [3.63, 3.8) is 0 Å². The van der Waals surface area contributed by atoms with E-state index in [0.29, 0.717) is 29.6 Å². The minimum Gasteiger partial charge on any atom is -0.481 e. The molecule has 168 valence electrons. The lowest BCUT2D eigenvalue weighted by molar-refractivity contribution is -0.157. The molecule has 1 amide bonds. The maximum absolute atomic E-state index is 12.6. The second-order valence-electron chi connectivity index (χ2n) is 8.02. The first-order chi connectivity index (χ1) is 14.4. The zero-order valence-electron chi connectivity index (χ0n) is 18.4. The van der Waals surface area contributed by atoms with Crippen molar-refractivity contribution >= 4 is 34.5 Å². The first-order valence-corrected chi connectivity index (χ1v) is 9.86. The number of primary amides is 1. The van der Waals surface area contributed by atoms with Crippen LogP contribution in [0.1, 0.15) is 50.2 Å². The fourth-order valence-electron chi connectivity index (χ4n) is 3.25. The number of aryl methyl sites for hydroxylation is 1. The fourth-order valence-corrected chi connectivity index (χ4v) is 3.25. The highest BCUT2D eigenvalue weighted by Crippen LogP contribution is 2.34. The zero-order valence-corrected chi connectivity index (χ0v) is 18.4. The minimum absolute atomic E-state index is 0.120. The number of Topliss-reactive ketones (excluding diaryl/α,β-unsaturated/α-hetero) is 1. The third kappa shape index (κ3) is 6.07. The first-order valence-electron chi connectivity index (χ1n) is 9.86. The number of ether oxygens (including phenoxy) is 3. The van der Waals surface area contributed by atoms with Gasteiger partial charge in [-0.25, -0.2) is 4.79 Å². The number of nitrogens with two attached hydrogens (primary N) is 1. The van der Waals surface area contributed by atoms with E-state index in [-0.39, 0.29) is 30.5 Å². The Kier molecular flexibility index (Phi) is 7.43. The van der Waals surface area contributed by atoms with E-state index in [0.717, 1.165) is 0 Å². The molecule has 0 saturated carbocycles. The molecule has 0 spiro atoms. The Balaban J connectivity index is 2.43. The highest BCUT2D eigenvalue weighted by Gasteiger charge is 2.26. The highest BCUT2D eigenvalue weighted by molar-refractivity contribution is 6.45. The van der Waals surface area contributed by atoms with Crippen molar-refractivity contribution in [1.82, 2.24) is 4.57 Å². The lowest BCUT2D eigenvalue weighted by Gasteiger charge is -2.19. The summed E-state index contributed by atoms with van der Waals surface area (Å²) < 4.78 is 17.7. The van der Waals surface area contributed by atoms with Gasteiger partial charge in [-0.1, -0.05) is 6.07 Å². The van der Waals surface area contributed by atoms with Crippen molar-refractivity contribution in [2.24, 2.45) is 5.73 Å². The summed E-state index contributed by atoms with van der Waals surface area (Å²) in [5, 5.41) is 0.389. The molecule has 2 aromatic rings. The molecule has 0 atom stereocenters. The van der Waals surface area contributed by atoms with Crippen LogP contribution in [0.25, 0.3) is 10.9 Å². The summed E-state index contributed by atoms with van der Waals surface area (Å²) in [7, 11) is 0. The van der Waals surface area contributed by atoms with Crippen molar-refractivity contribution in [3.05, 3.63) is 29.5 Å². The Morgan fingerprint density at radius 2 is 1.81 bits per heavy atom. The Morgan fingerprint density at radius 3 is 2.39 bits per heavy atom. The van der Waals surface area contributed by atoms with Gasteiger partial charge in [0.15, 0.2) is 6.61 Å². The summed E-state index contributed by atoms with van der Waals surface area (Å²) in [5.41, 5.74) is 5.87. The Hall–Kier alpha value is -3.36. The van der Waals surface area contributed by atoms with Gasteiger partial charge in [-0.3, -0.25) is 14.4 Å². The average Bonchev–Trinajstić information content (AvgIpc) is 2.93. The van der Waals surface area contributed by atoms with Crippen LogP contribution in [0.5, 0.6) is 5.75 Å². The molecule has 2 N–H and O–H groups in total. The van der Waals surface area contributed by atoms with Gasteiger partial charge in [0.2, 0.25) is 0 Å². The molecule has 0 aliphatic rings. The average molecular weight is 432 g/mol. The van der Waals surface area contributed by atoms with Crippen LogP contribution in [0, 0.1) is 6.92 Å². The van der Waals surface area contributed by atoms with Crippen LogP contribution in [0.3, 0.4) is 0 Å². The lowest BCUT2D eigenvalue weighted by atomic mass is 10.1. The van der Waals surface area contributed by atoms with Gasteiger partial charge in [0.05, 0.1) is 23.1 Å². The van der Waals surface area contributed by atoms with E-state index in [1.807, 2.05) is 4.57 Å². The molecule has 0 aliphatic carbocycles. The molecule has 0 aliphatic heterocycles. The van der Waals surface area contributed by atoms with Gasteiger partial charge in [0, 0.05) is 19.2 Å². The summed E-state index contributed by atoms with van der Waals surface area (Å²) in [6.07, 6.45) is 0.497. The third-order valence-electron chi connectivity index (χ3n) is 4.36. The minimum atomic E-state index is -1.09. The molecule has 2 rings (SSSR count). The van der Waals surface area contributed by atoms with Crippen molar-refractivity contribution in [1.29, 1.82) is 0 Å². The molecule has 1 heterocycles. The number of carbonyl (C=O) groups is 4. The number of hydrogen-bond acceptors (Lipinski definition) is 7. The quantitative estimate of drug-likeness (QED) is 0.279. The van der Waals surface area contributed by atoms with Gasteiger partial charge in [0.25, 0.3) is 11.7 Å². The van der Waals surface area contributed by atoms with Crippen molar-refractivity contribution < 1.29 is 33.4 Å². The number of rotatable bonds is 9. The van der Waals surface area contributed by atoms with Gasteiger partial charge in [-0.2, -0.15) is 0 Å². The van der Waals surface area contributed by atoms with Crippen LogP contribution in [0.4, 0.5) is 0 Å². The zero-order chi connectivity index (χ0) is 23.3. The van der Waals surface area contributed by atoms with Crippen molar-refractivity contribution in [2.45, 2.75) is 53.2 Å². The van der Waals surface area contributed by atoms with Crippen molar-refractivity contribution in [3.8, 4) is 5.75 Å². The molecule has 9 heteroatoms. The SMILES string of the molecule is CC(=O)OCCCn1c(C)c(C(=O)C(N)=O)c2c(OCC(=O)OC(C)(C)C)cccc21. The molecular formula is C22H28N2O7. The van der Waals surface area contributed by atoms with E-state index in [1.54, 1.807) is 45.9 Å². The molecule has 31 heavy (non-hydrogen) atoms. The van der Waals surface area contributed by atoms with Gasteiger partial charge >= 0.3 is 11.9 Å². The molecule has 0 unspecified atom stereocenters. The van der Waals surface area contributed by atoms with Crippen molar-refractivity contribution in [2.75, 3.05) is 13.2 Å². The number of nitrogens with zero attached hydrogens (tertiary/aromatic N) is 1. The number of ketones is 1. The van der Waals surface area contributed by atoms with E-state index >= 15 is 0 Å². The van der Waals surface area contributed by atoms with E-state index in [4.69, 9.17) is 19.9 Å². The number of esters is 2. The molecule has 0 radical (unpaired) electrons. The number of hydrogen-bond donors (Lipinski definition) is 1. The van der Waals surface area contributed by atoms with Crippen LogP contribution < -0.4 is 10.5 Å². The molecule has 0 fully saturated rings. The number of benzene rings is 1. The molecule has 9 nitrogen and oxygen atoms in total. The maximum Gasteiger partial charge on any atom is 0.344 e. The van der Waals surface area contributed by atoms with E-state index in [2.05, 4.69) is 0 Å².